The maximum Gasteiger partial charge on any atom is 0.247 e. The minimum Gasteiger partial charge on any atom is -0.497 e. The lowest BCUT2D eigenvalue weighted by Crippen LogP contribution is -2.37. The number of H-pyrrole nitrogens is 1. The Morgan fingerprint density at radius 2 is 1.86 bits per heavy atom. The molecule has 1 aromatic heterocycles. The van der Waals surface area contributed by atoms with E-state index in [-0.39, 0.29) is 11.9 Å². The van der Waals surface area contributed by atoms with E-state index in [0.717, 1.165) is 23.2 Å². The first-order valence-corrected chi connectivity index (χ1v) is 9.42. The van der Waals surface area contributed by atoms with Gasteiger partial charge in [0.25, 0.3) is 0 Å². The molecule has 1 unspecified atom stereocenters. The van der Waals surface area contributed by atoms with Gasteiger partial charge in [-0.15, -0.1) is 0 Å². The van der Waals surface area contributed by atoms with Crippen LogP contribution in [0.4, 0.5) is 0 Å². The van der Waals surface area contributed by atoms with Crippen molar-refractivity contribution in [1.82, 2.24) is 9.88 Å². The lowest BCUT2D eigenvalue weighted by molar-refractivity contribution is -0.128. The number of amides is 1. The number of hydrogen-bond donors (Lipinski definition) is 1. The van der Waals surface area contributed by atoms with E-state index in [2.05, 4.69) is 30.1 Å². The standard InChI is InChI=1S/C23H24N2O3/c1-15-23-20(19-6-4-5-7-21(19)24-23)10-11-25(15)22(26)9-8-16-12-17(27-2)14-18(13-16)28-3/h4-9,12-15,24H,10-11H2,1-3H3. The van der Waals surface area contributed by atoms with Crippen LogP contribution in [0.25, 0.3) is 17.0 Å². The van der Waals surface area contributed by atoms with Gasteiger partial charge in [-0.1, -0.05) is 18.2 Å². The minimum absolute atomic E-state index is 0.00130. The van der Waals surface area contributed by atoms with E-state index in [1.807, 2.05) is 29.2 Å². The van der Waals surface area contributed by atoms with Crippen molar-refractivity contribution in [2.45, 2.75) is 19.4 Å². The van der Waals surface area contributed by atoms with Gasteiger partial charge < -0.3 is 19.4 Å². The molecule has 1 amide bonds. The maximum absolute atomic E-state index is 12.9. The monoisotopic (exact) mass is 376 g/mol. The number of ether oxygens (including phenoxy) is 2. The summed E-state index contributed by atoms with van der Waals surface area (Å²) in [5.41, 5.74) is 4.46. The van der Waals surface area contributed by atoms with Crippen molar-refractivity contribution in [3.05, 3.63) is 65.4 Å². The molecule has 5 heteroatoms. The lowest BCUT2D eigenvalue weighted by Gasteiger charge is -2.32. The second-order valence-electron chi connectivity index (χ2n) is 7.00. The molecule has 3 aromatic rings. The molecule has 1 aliphatic heterocycles. The van der Waals surface area contributed by atoms with E-state index in [1.165, 1.54) is 10.9 Å². The van der Waals surface area contributed by atoms with Crippen LogP contribution in [-0.2, 0) is 11.2 Å². The van der Waals surface area contributed by atoms with Crippen LogP contribution in [0.5, 0.6) is 11.5 Å². The molecule has 1 atom stereocenters. The van der Waals surface area contributed by atoms with Crippen LogP contribution in [0.15, 0.2) is 48.5 Å². The summed E-state index contributed by atoms with van der Waals surface area (Å²) >= 11 is 0. The number of rotatable bonds is 4. The van der Waals surface area contributed by atoms with Crippen LogP contribution in [0.2, 0.25) is 0 Å². The van der Waals surface area contributed by atoms with E-state index >= 15 is 0 Å². The maximum atomic E-state index is 12.9. The first kappa shape index (κ1) is 18.2. The molecule has 2 heterocycles. The highest BCUT2D eigenvalue weighted by Gasteiger charge is 2.29. The Bertz CT molecular complexity index is 1030. The highest BCUT2D eigenvalue weighted by Crippen LogP contribution is 2.34. The average Bonchev–Trinajstić information content (AvgIpc) is 3.11. The van der Waals surface area contributed by atoms with Crippen LogP contribution < -0.4 is 9.47 Å². The fourth-order valence-corrected chi connectivity index (χ4v) is 3.92. The first-order chi connectivity index (χ1) is 13.6. The van der Waals surface area contributed by atoms with Crippen molar-refractivity contribution in [1.29, 1.82) is 0 Å². The number of carbonyl (C=O) groups excluding carboxylic acids is 1. The molecule has 0 bridgehead atoms. The molecular weight excluding hydrogens is 352 g/mol. The van der Waals surface area contributed by atoms with Gasteiger partial charge in [0, 0.05) is 35.3 Å². The van der Waals surface area contributed by atoms with Crippen molar-refractivity contribution < 1.29 is 14.3 Å². The third-order valence-electron chi connectivity index (χ3n) is 5.41. The second kappa shape index (κ2) is 7.43. The van der Waals surface area contributed by atoms with E-state index in [0.29, 0.717) is 18.0 Å². The molecule has 1 aliphatic rings. The molecule has 0 saturated carbocycles. The molecule has 0 radical (unpaired) electrons. The highest BCUT2D eigenvalue weighted by molar-refractivity contribution is 5.93. The summed E-state index contributed by atoms with van der Waals surface area (Å²) in [5.74, 6) is 1.39. The Labute approximate surface area is 164 Å². The lowest BCUT2D eigenvalue weighted by atomic mass is 9.98. The predicted molar refractivity (Wildman–Crippen MR) is 111 cm³/mol. The molecule has 2 aromatic carbocycles. The summed E-state index contributed by atoms with van der Waals surface area (Å²) in [6.07, 6.45) is 4.29. The molecule has 5 nitrogen and oxygen atoms in total. The van der Waals surface area contributed by atoms with Gasteiger partial charge in [0.05, 0.1) is 20.3 Å². The smallest absolute Gasteiger partial charge is 0.247 e. The van der Waals surface area contributed by atoms with Gasteiger partial charge >= 0.3 is 0 Å². The molecule has 0 aliphatic carbocycles. The minimum atomic E-state index is -0.00130. The SMILES string of the molecule is COc1cc(C=CC(=O)N2CCc3c([nH]c4ccccc34)C2C)cc(OC)c1. The Balaban J connectivity index is 1.57. The largest absolute Gasteiger partial charge is 0.497 e. The summed E-state index contributed by atoms with van der Waals surface area (Å²) in [7, 11) is 3.22. The number of carbonyl (C=O) groups is 1. The highest BCUT2D eigenvalue weighted by atomic mass is 16.5. The number of nitrogens with one attached hydrogen (secondary N) is 1. The van der Waals surface area contributed by atoms with Crippen LogP contribution in [0, 0.1) is 0 Å². The summed E-state index contributed by atoms with van der Waals surface area (Å²) < 4.78 is 10.6. The quantitative estimate of drug-likeness (QED) is 0.689. The Morgan fingerprint density at radius 1 is 1.14 bits per heavy atom. The van der Waals surface area contributed by atoms with Gasteiger partial charge in [-0.05, 0) is 48.7 Å². The van der Waals surface area contributed by atoms with E-state index in [9.17, 15) is 4.79 Å². The number of para-hydroxylation sites is 1. The van der Waals surface area contributed by atoms with E-state index in [1.54, 1.807) is 26.4 Å². The van der Waals surface area contributed by atoms with E-state index < -0.39 is 0 Å². The third-order valence-corrected chi connectivity index (χ3v) is 5.41. The average molecular weight is 376 g/mol. The van der Waals surface area contributed by atoms with Gasteiger partial charge in [0.1, 0.15) is 11.5 Å². The van der Waals surface area contributed by atoms with Gasteiger partial charge in [0.15, 0.2) is 0 Å². The van der Waals surface area contributed by atoms with Crippen molar-refractivity contribution >= 4 is 22.9 Å². The molecular formula is C23H24N2O3. The van der Waals surface area contributed by atoms with Crippen molar-refractivity contribution in [2.24, 2.45) is 0 Å². The van der Waals surface area contributed by atoms with Crippen molar-refractivity contribution in [2.75, 3.05) is 20.8 Å². The fraction of sp³-hybridized carbons (Fsp3) is 0.261. The zero-order valence-corrected chi connectivity index (χ0v) is 16.4. The number of methoxy groups -OCH3 is 2. The molecule has 1 N–H and O–H groups in total. The summed E-state index contributed by atoms with van der Waals surface area (Å²) in [4.78, 5) is 18.3. The van der Waals surface area contributed by atoms with Crippen LogP contribution in [0.3, 0.4) is 0 Å². The van der Waals surface area contributed by atoms with Gasteiger partial charge in [0.2, 0.25) is 5.91 Å². The molecule has 144 valence electrons. The number of nitrogens with zero attached hydrogens (tertiary/aromatic N) is 1. The van der Waals surface area contributed by atoms with Crippen molar-refractivity contribution in [3.8, 4) is 11.5 Å². The first-order valence-electron chi connectivity index (χ1n) is 9.42. The van der Waals surface area contributed by atoms with E-state index in [4.69, 9.17) is 9.47 Å². The Kier molecular flexibility index (Phi) is 4.82. The van der Waals surface area contributed by atoms with Gasteiger partial charge in [-0.3, -0.25) is 4.79 Å². The number of aromatic nitrogens is 1. The normalized spacial score (nSPS) is 16.4. The fourth-order valence-electron chi connectivity index (χ4n) is 3.92. The molecule has 0 saturated heterocycles. The van der Waals surface area contributed by atoms with Crippen molar-refractivity contribution in [3.63, 3.8) is 0 Å². The molecule has 28 heavy (non-hydrogen) atoms. The Morgan fingerprint density at radius 3 is 2.57 bits per heavy atom. The number of fused-ring (bicyclic) bond motifs is 3. The molecule has 0 fully saturated rings. The second-order valence-corrected chi connectivity index (χ2v) is 7.00. The summed E-state index contributed by atoms with van der Waals surface area (Å²) in [5, 5.41) is 1.26. The summed E-state index contributed by atoms with van der Waals surface area (Å²) in [6.45, 7) is 2.79. The summed E-state index contributed by atoms with van der Waals surface area (Å²) in [6, 6.07) is 13.9. The molecule has 4 rings (SSSR count). The third kappa shape index (κ3) is 3.24. The number of hydrogen-bond acceptors (Lipinski definition) is 3. The predicted octanol–water partition coefficient (Wildman–Crippen LogP) is 4.34. The molecule has 0 spiro atoms. The number of benzene rings is 2. The van der Waals surface area contributed by atoms with Gasteiger partial charge in [-0.25, -0.2) is 0 Å². The number of aromatic amines is 1. The van der Waals surface area contributed by atoms with Crippen LogP contribution >= 0.6 is 0 Å². The zero-order valence-electron chi connectivity index (χ0n) is 16.4. The Hall–Kier alpha value is -3.21. The topological polar surface area (TPSA) is 54.6 Å². The van der Waals surface area contributed by atoms with Crippen LogP contribution in [-0.4, -0.2) is 36.6 Å². The zero-order chi connectivity index (χ0) is 19.7. The van der Waals surface area contributed by atoms with Crippen LogP contribution in [0.1, 0.15) is 29.8 Å². The van der Waals surface area contributed by atoms with Gasteiger partial charge in [-0.2, -0.15) is 0 Å².